The third-order valence-corrected chi connectivity index (χ3v) is 4.35. The second-order valence-corrected chi connectivity index (χ2v) is 6.19. The molecule has 1 aromatic rings. The highest BCUT2D eigenvalue weighted by molar-refractivity contribution is 6.31. The summed E-state index contributed by atoms with van der Waals surface area (Å²) in [4.78, 5) is 0. The van der Waals surface area contributed by atoms with E-state index >= 15 is 0 Å². The van der Waals surface area contributed by atoms with Crippen molar-refractivity contribution >= 4 is 11.6 Å². The molecule has 1 atom stereocenters. The fourth-order valence-electron chi connectivity index (χ4n) is 3.37. The fraction of sp³-hybridized carbons (Fsp3) is 0.600. The van der Waals surface area contributed by atoms with Crippen molar-refractivity contribution in [2.75, 3.05) is 6.54 Å². The van der Waals surface area contributed by atoms with E-state index in [9.17, 15) is 0 Å². The standard InChI is InChI=1S/C15H22ClN/c1-6-17-12-8-15(4,5)14-9(2)7-11(16)10(3)13(12)14/h7,12,17H,6,8H2,1-5H3. The summed E-state index contributed by atoms with van der Waals surface area (Å²) in [6.07, 6.45) is 1.16. The van der Waals surface area contributed by atoms with Gasteiger partial charge in [-0.2, -0.15) is 0 Å². The van der Waals surface area contributed by atoms with E-state index in [1.54, 1.807) is 0 Å². The predicted molar refractivity (Wildman–Crippen MR) is 75.0 cm³/mol. The zero-order chi connectivity index (χ0) is 12.8. The summed E-state index contributed by atoms with van der Waals surface area (Å²) in [5.41, 5.74) is 5.79. The Kier molecular flexibility index (Phi) is 3.26. The van der Waals surface area contributed by atoms with Crippen molar-refractivity contribution in [3.05, 3.63) is 33.3 Å². The number of rotatable bonds is 2. The van der Waals surface area contributed by atoms with Gasteiger partial charge < -0.3 is 5.32 Å². The topological polar surface area (TPSA) is 12.0 Å². The highest BCUT2D eigenvalue weighted by atomic mass is 35.5. The first-order valence-corrected chi connectivity index (χ1v) is 6.79. The first-order chi connectivity index (χ1) is 7.88. The average molecular weight is 252 g/mol. The van der Waals surface area contributed by atoms with E-state index in [4.69, 9.17) is 11.6 Å². The summed E-state index contributed by atoms with van der Waals surface area (Å²) in [6.45, 7) is 12.2. The number of aryl methyl sites for hydroxylation is 1. The predicted octanol–water partition coefficient (Wildman–Crippen LogP) is 4.29. The third-order valence-electron chi connectivity index (χ3n) is 3.96. The number of benzene rings is 1. The van der Waals surface area contributed by atoms with Gasteiger partial charge in [-0.25, -0.2) is 0 Å². The van der Waals surface area contributed by atoms with Gasteiger partial charge in [0.1, 0.15) is 0 Å². The zero-order valence-electron chi connectivity index (χ0n) is 11.4. The molecule has 2 rings (SSSR count). The molecule has 0 radical (unpaired) electrons. The number of hydrogen-bond donors (Lipinski definition) is 1. The Morgan fingerprint density at radius 3 is 2.65 bits per heavy atom. The molecule has 1 unspecified atom stereocenters. The minimum Gasteiger partial charge on any atom is -0.310 e. The van der Waals surface area contributed by atoms with E-state index < -0.39 is 0 Å². The molecule has 1 N–H and O–H groups in total. The van der Waals surface area contributed by atoms with Crippen LogP contribution >= 0.6 is 11.6 Å². The molecule has 1 aromatic carbocycles. The van der Waals surface area contributed by atoms with Gasteiger partial charge in [0.2, 0.25) is 0 Å². The van der Waals surface area contributed by atoms with Gasteiger partial charge in [0, 0.05) is 11.1 Å². The van der Waals surface area contributed by atoms with Crippen molar-refractivity contribution in [2.24, 2.45) is 0 Å². The van der Waals surface area contributed by atoms with Crippen molar-refractivity contribution in [3.63, 3.8) is 0 Å². The molecule has 0 fully saturated rings. The van der Waals surface area contributed by atoms with Crippen molar-refractivity contribution < 1.29 is 0 Å². The summed E-state index contributed by atoms with van der Waals surface area (Å²) in [6, 6.07) is 2.58. The first-order valence-electron chi connectivity index (χ1n) is 6.42. The largest absolute Gasteiger partial charge is 0.310 e. The lowest BCUT2D eigenvalue weighted by atomic mass is 9.83. The maximum atomic E-state index is 6.33. The highest BCUT2D eigenvalue weighted by Gasteiger charge is 2.39. The van der Waals surface area contributed by atoms with Gasteiger partial charge in [-0.3, -0.25) is 0 Å². The van der Waals surface area contributed by atoms with E-state index in [1.165, 1.54) is 22.3 Å². The van der Waals surface area contributed by atoms with E-state index in [0.29, 0.717) is 6.04 Å². The second-order valence-electron chi connectivity index (χ2n) is 5.79. The van der Waals surface area contributed by atoms with Crippen LogP contribution in [0, 0.1) is 13.8 Å². The lowest BCUT2D eigenvalue weighted by Gasteiger charge is -2.22. The van der Waals surface area contributed by atoms with Crippen LogP contribution in [0.3, 0.4) is 0 Å². The smallest absolute Gasteiger partial charge is 0.0441 e. The highest BCUT2D eigenvalue weighted by Crippen LogP contribution is 2.48. The van der Waals surface area contributed by atoms with Crippen molar-refractivity contribution in [3.8, 4) is 0 Å². The second kappa shape index (κ2) is 4.29. The maximum Gasteiger partial charge on any atom is 0.0441 e. The fourth-order valence-corrected chi connectivity index (χ4v) is 3.63. The van der Waals surface area contributed by atoms with Gasteiger partial charge in [0.15, 0.2) is 0 Å². The molecule has 0 spiro atoms. The Labute approximate surface area is 110 Å². The van der Waals surface area contributed by atoms with Crippen molar-refractivity contribution in [1.29, 1.82) is 0 Å². The maximum absolute atomic E-state index is 6.33. The van der Waals surface area contributed by atoms with Crippen LogP contribution < -0.4 is 5.32 Å². The Hall–Kier alpha value is -0.530. The summed E-state index contributed by atoms with van der Waals surface area (Å²) in [5.74, 6) is 0. The van der Waals surface area contributed by atoms with Crippen LogP contribution in [0.5, 0.6) is 0 Å². The Bertz CT molecular complexity index is 449. The van der Waals surface area contributed by atoms with Crippen LogP contribution in [-0.2, 0) is 5.41 Å². The lowest BCUT2D eigenvalue weighted by Crippen LogP contribution is -2.21. The van der Waals surface area contributed by atoms with Gasteiger partial charge in [-0.1, -0.05) is 32.4 Å². The van der Waals surface area contributed by atoms with Gasteiger partial charge in [0.05, 0.1) is 0 Å². The van der Waals surface area contributed by atoms with E-state index in [0.717, 1.165) is 18.0 Å². The molecule has 0 bridgehead atoms. The molecular formula is C15H22ClN. The van der Waals surface area contributed by atoms with Crippen LogP contribution in [-0.4, -0.2) is 6.54 Å². The average Bonchev–Trinajstić information content (AvgIpc) is 2.47. The molecule has 0 heterocycles. The van der Waals surface area contributed by atoms with Crippen LogP contribution in [0.1, 0.15) is 55.5 Å². The Morgan fingerprint density at radius 1 is 1.41 bits per heavy atom. The van der Waals surface area contributed by atoms with Gasteiger partial charge in [-0.15, -0.1) is 0 Å². The normalized spacial score (nSPS) is 21.6. The molecule has 17 heavy (non-hydrogen) atoms. The minimum absolute atomic E-state index is 0.252. The minimum atomic E-state index is 0.252. The van der Waals surface area contributed by atoms with Crippen molar-refractivity contribution in [2.45, 2.75) is 52.5 Å². The molecular weight excluding hydrogens is 230 g/mol. The van der Waals surface area contributed by atoms with Gasteiger partial charge in [0.25, 0.3) is 0 Å². The van der Waals surface area contributed by atoms with Crippen LogP contribution in [0.4, 0.5) is 0 Å². The summed E-state index contributed by atoms with van der Waals surface area (Å²) >= 11 is 6.33. The first kappa shape index (κ1) is 12.9. The summed E-state index contributed by atoms with van der Waals surface area (Å²) in [7, 11) is 0. The van der Waals surface area contributed by atoms with Crippen LogP contribution in [0.2, 0.25) is 5.02 Å². The van der Waals surface area contributed by atoms with E-state index in [1.807, 2.05) is 0 Å². The third kappa shape index (κ3) is 2.00. The summed E-state index contributed by atoms with van der Waals surface area (Å²) < 4.78 is 0. The monoisotopic (exact) mass is 251 g/mol. The molecule has 1 nitrogen and oxygen atoms in total. The van der Waals surface area contributed by atoms with Gasteiger partial charge in [-0.05, 0) is 60.5 Å². The van der Waals surface area contributed by atoms with Gasteiger partial charge >= 0.3 is 0 Å². The van der Waals surface area contributed by atoms with Crippen LogP contribution in [0.15, 0.2) is 6.07 Å². The molecule has 1 aliphatic carbocycles. The Morgan fingerprint density at radius 2 is 2.06 bits per heavy atom. The zero-order valence-corrected chi connectivity index (χ0v) is 12.2. The Balaban J connectivity index is 2.65. The molecule has 94 valence electrons. The number of nitrogens with one attached hydrogen (secondary N) is 1. The van der Waals surface area contributed by atoms with Crippen LogP contribution in [0.25, 0.3) is 0 Å². The molecule has 0 saturated carbocycles. The number of halogens is 1. The molecule has 0 aliphatic heterocycles. The SMILES string of the molecule is CCNC1CC(C)(C)c2c(C)cc(Cl)c(C)c21. The molecule has 2 heteroatoms. The van der Waals surface area contributed by atoms with E-state index in [-0.39, 0.29) is 5.41 Å². The number of fused-ring (bicyclic) bond motifs is 1. The quantitative estimate of drug-likeness (QED) is 0.827. The molecule has 0 amide bonds. The van der Waals surface area contributed by atoms with E-state index in [2.05, 4.69) is 46.0 Å². The summed E-state index contributed by atoms with van der Waals surface area (Å²) in [5, 5.41) is 4.50. The van der Waals surface area contributed by atoms with Crippen molar-refractivity contribution in [1.82, 2.24) is 5.32 Å². The molecule has 1 aliphatic rings. The number of hydrogen-bond acceptors (Lipinski definition) is 1. The molecule has 0 aromatic heterocycles. The lowest BCUT2D eigenvalue weighted by molar-refractivity contribution is 0.432. The molecule has 0 saturated heterocycles.